The Balaban J connectivity index is 0.00000200. The summed E-state index contributed by atoms with van der Waals surface area (Å²) in [5.74, 6) is 0.438. The zero-order valence-electron chi connectivity index (χ0n) is 11.4. The van der Waals surface area contributed by atoms with E-state index in [-0.39, 0.29) is 24.4 Å². The van der Waals surface area contributed by atoms with E-state index in [9.17, 15) is 4.79 Å². The van der Waals surface area contributed by atoms with E-state index in [0.717, 1.165) is 12.8 Å². The number of hydrogen-bond donors (Lipinski definition) is 2. The number of ether oxygens (including phenoxy) is 1. The molecule has 1 aromatic carbocycles. The molecule has 0 unspecified atom stereocenters. The molecule has 1 atom stereocenters. The van der Waals surface area contributed by atoms with Gasteiger partial charge in [-0.1, -0.05) is 11.6 Å². The number of rotatable bonds is 4. The summed E-state index contributed by atoms with van der Waals surface area (Å²) in [5, 5.41) is 3.21. The highest BCUT2D eigenvalue weighted by Crippen LogP contribution is 2.31. The molecule has 0 aromatic heterocycles. The molecule has 1 saturated carbocycles. The summed E-state index contributed by atoms with van der Waals surface area (Å²) in [5.41, 5.74) is 6.12. The topological polar surface area (TPSA) is 64.4 Å². The first-order valence-electron chi connectivity index (χ1n) is 6.59. The number of carbonyl (C=O) groups is 1. The normalized spacial score (nSPS) is 16.4. The van der Waals surface area contributed by atoms with Crippen LogP contribution in [-0.4, -0.2) is 18.1 Å². The molecule has 0 spiro atoms. The van der Waals surface area contributed by atoms with E-state index >= 15 is 0 Å². The Morgan fingerprint density at radius 3 is 2.65 bits per heavy atom. The van der Waals surface area contributed by atoms with Crippen LogP contribution < -0.4 is 15.8 Å². The van der Waals surface area contributed by atoms with Crippen molar-refractivity contribution in [2.75, 3.05) is 5.32 Å². The van der Waals surface area contributed by atoms with Crippen LogP contribution in [-0.2, 0) is 4.79 Å². The largest absolute Gasteiger partial charge is 0.489 e. The van der Waals surface area contributed by atoms with Crippen LogP contribution in [0.4, 0.5) is 5.69 Å². The third-order valence-corrected chi connectivity index (χ3v) is 3.50. The lowest BCUT2D eigenvalue weighted by Crippen LogP contribution is -2.32. The van der Waals surface area contributed by atoms with Crippen LogP contribution in [0.5, 0.6) is 5.75 Å². The summed E-state index contributed by atoms with van der Waals surface area (Å²) in [4.78, 5) is 11.5. The fourth-order valence-electron chi connectivity index (χ4n) is 2.12. The van der Waals surface area contributed by atoms with Gasteiger partial charge in [0.15, 0.2) is 0 Å². The fourth-order valence-corrected chi connectivity index (χ4v) is 2.34. The van der Waals surface area contributed by atoms with Crippen LogP contribution >= 0.6 is 24.0 Å². The van der Waals surface area contributed by atoms with Crippen molar-refractivity contribution in [1.82, 2.24) is 0 Å². The summed E-state index contributed by atoms with van der Waals surface area (Å²) in [6.45, 7) is 1.63. The predicted octanol–water partition coefficient (Wildman–Crippen LogP) is 3.37. The summed E-state index contributed by atoms with van der Waals surface area (Å²) in [7, 11) is 0. The molecule has 1 aliphatic rings. The molecule has 1 amide bonds. The van der Waals surface area contributed by atoms with Gasteiger partial charge < -0.3 is 15.8 Å². The standard InChI is InChI=1S/C14H19ClN2O2.ClH/c1-9(16)14(18)17-10-6-7-13(12(15)8-10)19-11-4-2-3-5-11;/h6-9,11H,2-5,16H2,1H3,(H,17,18);1H/t9-;/m0./s1. The van der Waals surface area contributed by atoms with Crippen LogP contribution in [0.3, 0.4) is 0 Å². The number of benzene rings is 1. The first-order chi connectivity index (χ1) is 9.06. The van der Waals surface area contributed by atoms with Crippen molar-refractivity contribution in [3.63, 3.8) is 0 Å². The van der Waals surface area contributed by atoms with Crippen molar-refractivity contribution in [2.45, 2.75) is 44.8 Å². The van der Waals surface area contributed by atoms with Gasteiger partial charge in [-0.25, -0.2) is 0 Å². The quantitative estimate of drug-likeness (QED) is 0.894. The molecule has 112 valence electrons. The number of nitrogens with one attached hydrogen (secondary N) is 1. The molecule has 6 heteroatoms. The number of halogens is 2. The third kappa shape index (κ3) is 4.54. The minimum Gasteiger partial charge on any atom is -0.489 e. The van der Waals surface area contributed by atoms with E-state index in [4.69, 9.17) is 22.1 Å². The van der Waals surface area contributed by atoms with E-state index in [2.05, 4.69) is 5.32 Å². The molecule has 0 bridgehead atoms. The maximum Gasteiger partial charge on any atom is 0.240 e. The van der Waals surface area contributed by atoms with Gasteiger partial charge in [-0.2, -0.15) is 0 Å². The predicted molar refractivity (Wildman–Crippen MR) is 83.9 cm³/mol. The Morgan fingerprint density at radius 2 is 2.10 bits per heavy atom. The Kier molecular flexibility index (Phi) is 6.59. The van der Waals surface area contributed by atoms with Crippen LogP contribution in [0.25, 0.3) is 0 Å². The average Bonchev–Trinajstić information content (AvgIpc) is 2.85. The minimum atomic E-state index is -0.548. The number of nitrogens with two attached hydrogens (primary N) is 1. The minimum absolute atomic E-state index is 0. The smallest absolute Gasteiger partial charge is 0.240 e. The summed E-state index contributed by atoms with van der Waals surface area (Å²) < 4.78 is 5.84. The molecule has 4 nitrogen and oxygen atoms in total. The van der Waals surface area contributed by atoms with Crippen molar-refractivity contribution in [3.05, 3.63) is 23.2 Å². The molecule has 1 fully saturated rings. The Morgan fingerprint density at radius 1 is 1.45 bits per heavy atom. The number of carbonyl (C=O) groups excluding carboxylic acids is 1. The molecule has 0 saturated heterocycles. The van der Waals surface area contributed by atoms with Gasteiger partial charge in [0.2, 0.25) is 5.91 Å². The molecule has 0 aliphatic heterocycles. The van der Waals surface area contributed by atoms with Gasteiger partial charge in [0.05, 0.1) is 17.2 Å². The highest BCUT2D eigenvalue weighted by Gasteiger charge is 2.18. The van der Waals surface area contributed by atoms with Gasteiger partial charge in [0.25, 0.3) is 0 Å². The van der Waals surface area contributed by atoms with Gasteiger partial charge in [-0.3, -0.25) is 4.79 Å². The third-order valence-electron chi connectivity index (χ3n) is 3.21. The van der Waals surface area contributed by atoms with Gasteiger partial charge in [-0.15, -0.1) is 12.4 Å². The highest BCUT2D eigenvalue weighted by molar-refractivity contribution is 6.32. The lowest BCUT2D eigenvalue weighted by atomic mass is 10.2. The van der Waals surface area contributed by atoms with Gasteiger partial charge in [-0.05, 0) is 50.8 Å². The fraction of sp³-hybridized carbons (Fsp3) is 0.500. The van der Waals surface area contributed by atoms with Crippen LogP contribution in [0.15, 0.2) is 18.2 Å². The van der Waals surface area contributed by atoms with Crippen molar-refractivity contribution in [3.8, 4) is 5.75 Å². The molecule has 20 heavy (non-hydrogen) atoms. The van der Waals surface area contributed by atoms with E-state index in [1.165, 1.54) is 12.8 Å². The van der Waals surface area contributed by atoms with Crippen molar-refractivity contribution < 1.29 is 9.53 Å². The molecule has 0 radical (unpaired) electrons. The molecular formula is C14H20Cl2N2O2. The van der Waals surface area contributed by atoms with Crippen molar-refractivity contribution in [2.24, 2.45) is 5.73 Å². The van der Waals surface area contributed by atoms with Gasteiger partial charge >= 0.3 is 0 Å². The maximum atomic E-state index is 11.5. The summed E-state index contributed by atoms with van der Waals surface area (Å²) in [6, 6.07) is 4.70. The van der Waals surface area contributed by atoms with Crippen LogP contribution in [0.2, 0.25) is 5.02 Å². The molecule has 2 rings (SSSR count). The Bertz CT molecular complexity index is 460. The first kappa shape index (κ1) is 17.1. The molecule has 1 aliphatic carbocycles. The molecule has 3 N–H and O–H groups in total. The lowest BCUT2D eigenvalue weighted by Gasteiger charge is -2.15. The molecule has 1 aromatic rings. The lowest BCUT2D eigenvalue weighted by molar-refractivity contribution is -0.117. The van der Waals surface area contributed by atoms with E-state index < -0.39 is 6.04 Å². The summed E-state index contributed by atoms with van der Waals surface area (Å²) >= 11 is 6.16. The monoisotopic (exact) mass is 318 g/mol. The van der Waals surface area contributed by atoms with Gasteiger partial charge in [0, 0.05) is 5.69 Å². The number of amides is 1. The molecule has 0 heterocycles. The first-order valence-corrected chi connectivity index (χ1v) is 6.96. The maximum absolute atomic E-state index is 11.5. The second kappa shape index (κ2) is 7.72. The van der Waals surface area contributed by atoms with Crippen LogP contribution in [0.1, 0.15) is 32.6 Å². The second-order valence-corrected chi connectivity index (χ2v) is 5.35. The summed E-state index contributed by atoms with van der Waals surface area (Å²) in [6.07, 6.45) is 4.86. The zero-order valence-corrected chi connectivity index (χ0v) is 13.0. The van der Waals surface area contributed by atoms with Crippen LogP contribution in [0, 0.1) is 0 Å². The Hall–Kier alpha value is -0.970. The van der Waals surface area contributed by atoms with E-state index in [1.54, 1.807) is 25.1 Å². The average molecular weight is 319 g/mol. The Labute approximate surface area is 130 Å². The van der Waals surface area contributed by atoms with Crippen molar-refractivity contribution in [1.29, 1.82) is 0 Å². The SMILES string of the molecule is C[C@H](N)C(=O)Nc1ccc(OC2CCCC2)c(Cl)c1.Cl. The van der Waals surface area contributed by atoms with E-state index in [1.807, 2.05) is 0 Å². The van der Waals surface area contributed by atoms with Gasteiger partial charge in [0.1, 0.15) is 5.75 Å². The zero-order chi connectivity index (χ0) is 13.8. The van der Waals surface area contributed by atoms with Crippen molar-refractivity contribution >= 4 is 35.6 Å². The molecular weight excluding hydrogens is 299 g/mol. The number of hydrogen-bond acceptors (Lipinski definition) is 3. The van der Waals surface area contributed by atoms with E-state index in [0.29, 0.717) is 16.5 Å². The highest BCUT2D eigenvalue weighted by atomic mass is 35.5. The number of anilines is 1. The second-order valence-electron chi connectivity index (χ2n) is 4.95.